The Labute approximate surface area is 195 Å². The van der Waals surface area contributed by atoms with Crippen molar-refractivity contribution in [3.8, 4) is 17.2 Å². The molecule has 0 heterocycles. The first-order valence-electron chi connectivity index (χ1n) is 8.64. The smallest absolute Gasteiger partial charge is 0.194 e. The first-order valence-corrected chi connectivity index (χ1v) is 13.3. The van der Waals surface area contributed by atoms with Crippen molar-refractivity contribution in [1.29, 1.82) is 0 Å². The molecular weight excluding hydrogens is 587 g/mol. The largest absolute Gasteiger partial charge is 0.486 e. The molecule has 29 heavy (non-hydrogen) atoms. The van der Waals surface area contributed by atoms with Crippen molar-refractivity contribution in [1.82, 2.24) is 0 Å². The summed E-state index contributed by atoms with van der Waals surface area (Å²) >= 11 is 10.2. The van der Waals surface area contributed by atoms with Crippen LogP contribution in [0.2, 0.25) is 0 Å². The van der Waals surface area contributed by atoms with Crippen LogP contribution >= 0.6 is 54.9 Å². The van der Waals surface area contributed by atoms with Crippen LogP contribution in [0.25, 0.3) is 0 Å². The summed E-state index contributed by atoms with van der Waals surface area (Å²) in [7, 11) is -2.95. The van der Waals surface area contributed by atoms with E-state index in [0.29, 0.717) is 17.2 Å². The monoisotopic (exact) mass is 602 g/mol. The zero-order valence-corrected chi connectivity index (χ0v) is 20.9. The summed E-state index contributed by atoms with van der Waals surface area (Å²) in [6.07, 6.45) is 0.0467. The van der Waals surface area contributed by atoms with E-state index in [1.54, 1.807) is 0 Å². The maximum absolute atomic E-state index is 13.5. The van der Waals surface area contributed by atoms with Crippen molar-refractivity contribution in [3.63, 3.8) is 0 Å². The Balaban J connectivity index is 1.67. The van der Waals surface area contributed by atoms with E-state index in [9.17, 15) is 4.57 Å². The lowest BCUT2D eigenvalue weighted by atomic mass is 10.3. The van der Waals surface area contributed by atoms with Gasteiger partial charge in [-0.15, -0.1) is 0 Å². The highest BCUT2D eigenvalue weighted by Crippen LogP contribution is 2.46. The highest BCUT2D eigenvalue weighted by Gasteiger charge is 2.26. The second-order valence-corrected chi connectivity index (χ2v) is 11.9. The maximum atomic E-state index is 13.5. The zero-order valence-electron chi connectivity index (χ0n) is 15.3. The molecule has 0 aromatic heterocycles. The van der Waals surface area contributed by atoms with Crippen molar-refractivity contribution in [3.05, 3.63) is 86.2 Å². The lowest BCUT2D eigenvalue weighted by Crippen LogP contribution is -2.13. The standard InChI is InChI=1S/C21H18Br3O4P/c22-16-1-7-19(8-2-16)26-13-29(25,14-27-20-9-3-17(23)4-10-20)15-28-21-11-5-18(24)6-12-21/h1-12H,13-15H2. The molecule has 0 saturated carbocycles. The SMILES string of the molecule is O=P(COc1ccc(Br)cc1)(COc1ccc(Br)cc1)COc1ccc(Br)cc1. The van der Waals surface area contributed by atoms with Crippen LogP contribution in [0.3, 0.4) is 0 Å². The minimum atomic E-state index is -2.95. The van der Waals surface area contributed by atoms with Crippen LogP contribution in [0.15, 0.2) is 86.2 Å². The maximum Gasteiger partial charge on any atom is 0.194 e. The molecule has 0 bridgehead atoms. The zero-order chi connectivity index (χ0) is 20.7. The van der Waals surface area contributed by atoms with Crippen LogP contribution in [0.1, 0.15) is 0 Å². The van der Waals surface area contributed by atoms with Gasteiger partial charge in [-0.3, -0.25) is 0 Å². The molecule has 0 unspecified atom stereocenters. The fourth-order valence-corrected chi connectivity index (χ4v) is 4.45. The van der Waals surface area contributed by atoms with Gasteiger partial charge >= 0.3 is 0 Å². The highest BCUT2D eigenvalue weighted by atomic mass is 79.9. The molecule has 0 saturated heterocycles. The molecule has 4 nitrogen and oxygen atoms in total. The van der Waals surface area contributed by atoms with Gasteiger partial charge in [0, 0.05) is 13.4 Å². The number of hydrogen-bond acceptors (Lipinski definition) is 4. The predicted molar refractivity (Wildman–Crippen MR) is 127 cm³/mol. The second kappa shape index (κ2) is 10.7. The van der Waals surface area contributed by atoms with Gasteiger partial charge in [-0.1, -0.05) is 47.8 Å². The first kappa shape index (κ1) is 22.4. The molecular formula is C21H18Br3O4P. The lowest BCUT2D eigenvalue weighted by Gasteiger charge is -2.20. The lowest BCUT2D eigenvalue weighted by molar-refractivity contribution is 0.318. The average molecular weight is 605 g/mol. The van der Waals surface area contributed by atoms with E-state index in [4.69, 9.17) is 14.2 Å². The average Bonchev–Trinajstić information content (AvgIpc) is 2.73. The van der Waals surface area contributed by atoms with E-state index in [0.717, 1.165) is 13.4 Å². The van der Waals surface area contributed by atoms with Crippen molar-refractivity contribution >= 4 is 54.9 Å². The third-order valence-electron chi connectivity index (χ3n) is 3.84. The van der Waals surface area contributed by atoms with Gasteiger partial charge in [-0.05, 0) is 72.8 Å². The normalized spacial score (nSPS) is 11.1. The Kier molecular flexibility index (Phi) is 8.25. The summed E-state index contributed by atoms with van der Waals surface area (Å²) in [4.78, 5) is 0. The van der Waals surface area contributed by atoms with Crippen molar-refractivity contribution in [2.75, 3.05) is 19.0 Å². The summed E-state index contributed by atoms with van der Waals surface area (Å²) in [5.74, 6) is 1.92. The van der Waals surface area contributed by atoms with E-state index in [1.807, 2.05) is 72.8 Å². The van der Waals surface area contributed by atoms with E-state index >= 15 is 0 Å². The highest BCUT2D eigenvalue weighted by molar-refractivity contribution is 9.11. The Morgan fingerprint density at radius 3 is 1.00 bits per heavy atom. The van der Waals surface area contributed by atoms with Crippen molar-refractivity contribution < 1.29 is 18.8 Å². The number of benzene rings is 3. The first-order chi connectivity index (χ1) is 13.9. The Hall–Kier alpha value is -1.27. The van der Waals surface area contributed by atoms with Crippen LogP contribution in [-0.4, -0.2) is 19.0 Å². The molecule has 3 aromatic carbocycles. The van der Waals surface area contributed by atoms with Gasteiger partial charge in [0.1, 0.15) is 36.3 Å². The molecule has 0 aliphatic carbocycles. The van der Waals surface area contributed by atoms with E-state index in [2.05, 4.69) is 47.8 Å². The van der Waals surface area contributed by atoms with Crippen LogP contribution in [0, 0.1) is 0 Å². The number of rotatable bonds is 9. The van der Waals surface area contributed by atoms with Gasteiger partial charge in [0.25, 0.3) is 0 Å². The second-order valence-electron chi connectivity index (χ2n) is 6.24. The molecule has 3 aromatic rings. The van der Waals surface area contributed by atoms with Gasteiger partial charge in [0.05, 0.1) is 0 Å². The van der Waals surface area contributed by atoms with Crippen LogP contribution in [0.4, 0.5) is 0 Å². The van der Waals surface area contributed by atoms with E-state index in [-0.39, 0.29) is 19.0 Å². The van der Waals surface area contributed by atoms with Crippen LogP contribution in [-0.2, 0) is 4.57 Å². The number of hydrogen-bond donors (Lipinski definition) is 0. The third kappa shape index (κ3) is 7.49. The minimum Gasteiger partial charge on any atom is -0.486 e. The Morgan fingerprint density at radius 1 is 0.517 bits per heavy atom. The molecule has 3 rings (SSSR count). The molecule has 152 valence electrons. The van der Waals surface area contributed by atoms with Gasteiger partial charge in [0.15, 0.2) is 7.14 Å². The topological polar surface area (TPSA) is 44.8 Å². The third-order valence-corrected chi connectivity index (χ3v) is 7.23. The fourth-order valence-electron chi connectivity index (χ4n) is 2.28. The molecule has 0 spiro atoms. The molecule has 0 N–H and O–H groups in total. The van der Waals surface area contributed by atoms with Crippen molar-refractivity contribution in [2.45, 2.75) is 0 Å². The summed E-state index contributed by atoms with van der Waals surface area (Å²) < 4.78 is 33.7. The van der Waals surface area contributed by atoms with E-state index < -0.39 is 7.14 Å². The van der Waals surface area contributed by atoms with Crippen molar-refractivity contribution in [2.24, 2.45) is 0 Å². The molecule has 8 heteroatoms. The minimum absolute atomic E-state index is 0.0156. The molecule has 0 atom stereocenters. The summed E-state index contributed by atoms with van der Waals surface area (Å²) in [6, 6.07) is 22.1. The molecule has 0 fully saturated rings. The molecule has 0 amide bonds. The van der Waals surface area contributed by atoms with Gasteiger partial charge < -0.3 is 18.8 Å². The predicted octanol–water partition coefficient (Wildman–Crippen LogP) is 7.75. The fraction of sp³-hybridized carbons (Fsp3) is 0.143. The summed E-state index contributed by atoms with van der Waals surface area (Å²) in [5.41, 5.74) is 0. The Morgan fingerprint density at radius 2 is 0.759 bits per heavy atom. The molecule has 0 radical (unpaired) electrons. The Bertz CT molecular complexity index is 834. The summed E-state index contributed by atoms with van der Waals surface area (Å²) in [6.45, 7) is 0. The molecule has 0 aliphatic rings. The number of halogens is 3. The molecule has 0 aliphatic heterocycles. The number of ether oxygens (including phenoxy) is 3. The van der Waals surface area contributed by atoms with Gasteiger partial charge in [-0.2, -0.15) is 0 Å². The van der Waals surface area contributed by atoms with Gasteiger partial charge in [0.2, 0.25) is 0 Å². The quantitative estimate of drug-likeness (QED) is 0.234. The van der Waals surface area contributed by atoms with E-state index in [1.165, 1.54) is 0 Å². The van der Waals surface area contributed by atoms with Gasteiger partial charge in [-0.25, -0.2) is 0 Å². The van der Waals surface area contributed by atoms with Crippen LogP contribution < -0.4 is 14.2 Å². The van der Waals surface area contributed by atoms with Crippen LogP contribution in [0.5, 0.6) is 17.2 Å². The summed E-state index contributed by atoms with van der Waals surface area (Å²) in [5, 5.41) is 0.